The average Bonchev–Trinajstić information content (AvgIpc) is 2.47. The molecule has 1 N–H and O–H groups in total. The molecule has 120 valence electrons. The third kappa shape index (κ3) is 6.36. The number of hydrogen-bond donors (Lipinski definition) is 1. The zero-order chi connectivity index (χ0) is 15.7. The van der Waals surface area contributed by atoms with Crippen molar-refractivity contribution in [1.29, 1.82) is 0 Å². The van der Waals surface area contributed by atoms with Crippen molar-refractivity contribution in [1.82, 2.24) is 5.32 Å². The molecular formula is C17H29NO3. The monoisotopic (exact) mass is 295 g/mol. The predicted octanol–water partition coefficient (Wildman–Crippen LogP) is 2.90. The van der Waals surface area contributed by atoms with E-state index in [2.05, 4.69) is 32.2 Å². The second-order valence-electron chi connectivity index (χ2n) is 5.59. The van der Waals surface area contributed by atoms with Gasteiger partial charge in [0, 0.05) is 13.7 Å². The molecule has 0 saturated heterocycles. The first-order chi connectivity index (χ1) is 10.1. The normalized spacial score (nSPS) is 12.5. The van der Waals surface area contributed by atoms with Crippen LogP contribution in [0.25, 0.3) is 0 Å². The maximum Gasteiger partial charge on any atom is 0.161 e. The highest BCUT2D eigenvalue weighted by Crippen LogP contribution is 2.29. The van der Waals surface area contributed by atoms with Gasteiger partial charge in [0.05, 0.1) is 13.7 Å². The van der Waals surface area contributed by atoms with Crippen molar-refractivity contribution in [2.75, 3.05) is 33.9 Å². The van der Waals surface area contributed by atoms with E-state index in [0.717, 1.165) is 31.0 Å². The van der Waals surface area contributed by atoms with E-state index < -0.39 is 0 Å². The summed E-state index contributed by atoms with van der Waals surface area (Å²) in [5, 5.41) is 3.40. The quantitative estimate of drug-likeness (QED) is 0.720. The van der Waals surface area contributed by atoms with E-state index in [0.29, 0.717) is 12.5 Å². The van der Waals surface area contributed by atoms with Crippen LogP contribution >= 0.6 is 0 Å². The van der Waals surface area contributed by atoms with E-state index in [1.807, 2.05) is 12.1 Å². The van der Waals surface area contributed by atoms with Crippen LogP contribution in [-0.4, -0.2) is 40.0 Å². The van der Waals surface area contributed by atoms with Gasteiger partial charge in [0.15, 0.2) is 11.5 Å². The van der Waals surface area contributed by atoms with Crippen LogP contribution in [0, 0.1) is 5.92 Å². The van der Waals surface area contributed by atoms with Gasteiger partial charge >= 0.3 is 0 Å². The predicted molar refractivity (Wildman–Crippen MR) is 86.4 cm³/mol. The topological polar surface area (TPSA) is 39.7 Å². The van der Waals surface area contributed by atoms with Crippen LogP contribution in [0.2, 0.25) is 0 Å². The Labute approximate surface area is 128 Å². The zero-order valence-electron chi connectivity index (χ0n) is 13.9. The average molecular weight is 295 g/mol. The zero-order valence-corrected chi connectivity index (χ0v) is 13.9. The molecular weight excluding hydrogens is 266 g/mol. The lowest BCUT2D eigenvalue weighted by atomic mass is 10.1. The molecule has 4 heteroatoms. The Balaban J connectivity index is 2.69. The Morgan fingerprint density at radius 2 is 1.86 bits per heavy atom. The lowest BCUT2D eigenvalue weighted by molar-refractivity contribution is 0.0782. The smallest absolute Gasteiger partial charge is 0.161 e. The summed E-state index contributed by atoms with van der Waals surface area (Å²) >= 11 is 0. The number of nitrogens with one attached hydrogen (secondary N) is 1. The molecule has 1 unspecified atom stereocenters. The van der Waals surface area contributed by atoms with E-state index in [1.54, 1.807) is 14.2 Å². The molecule has 1 atom stereocenters. The lowest BCUT2D eigenvalue weighted by Crippen LogP contribution is -2.36. The van der Waals surface area contributed by atoms with Gasteiger partial charge in [-0.2, -0.15) is 0 Å². The summed E-state index contributed by atoms with van der Waals surface area (Å²) in [6.45, 7) is 8.76. The molecule has 0 radical (unpaired) electrons. The Kier molecular flexibility index (Phi) is 8.16. The maximum atomic E-state index is 6.05. The summed E-state index contributed by atoms with van der Waals surface area (Å²) in [7, 11) is 3.36. The molecule has 1 aromatic rings. The van der Waals surface area contributed by atoms with Gasteiger partial charge in [0.1, 0.15) is 6.10 Å². The highest BCUT2D eigenvalue weighted by Gasteiger charge is 2.14. The van der Waals surface area contributed by atoms with Crippen LogP contribution in [0.5, 0.6) is 11.5 Å². The molecule has 0 heterocycles. The van der Waals surface area contributed by atoms with Crippen molar-refractivity contribution < 1.29 is 14.2 Å². The molecule has 21 heavy (non-hydrogen) atoms. The highest BCUT2D eigenvalue weighted by molar-refractivity contribution is 5.43. The Bertz CT molecular complexity index is 407. The van der Waals surface area contributed by atoms with E-state index in [9.17, 15) is 0 Å². The highest BCUT2D eigenvalue weighted by atomic mass is 16.5. The first-order valence-corrected chi connectivity index (χ1v) is 7.63. The van der Waals surface area contributed by atoms with E-state index in [-0.39, 0.29) is 6.10 Å². The van der Waals surface area contributed by atoms with Crippen LogP contribution in [0.4, 0.5) is 0 Å². The molecule has 4 nitrogen and oxygen atoms in total. The number of rotatable bonds is 10. The second kappa shape index (κ2) is 9.64. The van der Waals surface area contributed by atoms with Gasteiger partial charge in [0.2, 0.25) is 0 Å². The number of hydrogen-bond acceptors (Lipinski definition) is 4. The first kappa shape index (κ1) is 17.8. The van der Waals surface area contributed by atoms with Gasteiger partial charge < -0.3 is 19.5 Å². The second-order valence-corrected chi connectivity index (χ2v) is 5.59. The van der Waals surface area contributed by atoms with Gasteiger partial charge in [-0.05, 0) is 36.6 Å². The molecule has 0 spiro atoms. The van der Waals surface area contributed by atoms with E-state index >= 15 is 0 Å². The summed E-state index contributed by atoms with van der Waals surface area (Å²) in [4.78, 5) is 0. The third-order valence-electron chi connectivity index (χ3n) is 3.21. The number of aryl methyl sites for hydroxylation is 1. The minimum absolute atomic E-state index is 0.0323. The van der Waals surface area contributed by atoms with Crippen molar-refractivity contribution in [3.05, 3.63) is 23.8 Å². The van der Waals surface area contributed by atoms with Gasteiger partial charge in [-0.15, -0.1) is 0 Å². The van der Waals surface area contributed by atoms with Crippen LogP contribution in [-0.2, 0) is 11.2 Å². The Morgan fingerprint density at radius 1 is 1.10 bits per heavy atom. The molecule has 1 rings (SSSR count). The molecule has 0 aromatic heterocycles. The van der Waals surface area contributed by atoms with Crippen LogP contribution < -0.4 is 14.8 Å². The SMILES string of the molecule is CCc1ccc(OC(CNCC(C)C)COC)c(OC)c1. The molecule has 1 aromatic carbocycles. The summed E-state index contributed by atoms with van der Waals surface area (Å²) < 4.78 is 16.7. The Morgan fingerprint density at radius 3 is 2.43 bits per heavy atom. The van der Waals surface area contributed by atoms with Gasteiger partial charge in [-0.25, -0.2) is 0 Å². The van der Waals surface area contributed by atoms with Crippen molar-refractivity contribution in [2.45, 2.75) is 33.3 Å². The van der Waals surface area contributed by atoms with Crippen molar-refractivity contribution in [3.8, 4) is 11.5 Å². The van der Waals surface area contributed by atoms with Crippen LogP contribution in [0.15, 0.2) is 18.2 Å². The van der Waals surface area contributed by atoms with Gasteiger partial charge in [0.25, 0.3) is 0 Å². The van der Waals surface area contributed by atoms with Crippen LogP contribution in [0.3, 0.4) is 0 Å². The summed E-state index contributed by atoms with van der Waals surface area (Å²) in [5.74, 6) is 2.16. The summed E-state index contributed by atoms with van der Waals surface area (Å²) in [6.07, 6.45) is 0.948. The van der Waals surface area contributed by atoms with Crippen LogP contribution in [0.1, 0.15) is 26.3 Å². The standard InChI is InChI=1S/C17H29NO3/c1-6-14-7-8-16(17(9-14)20-5)21-15(12-19-4)11-18-10-13(2)3/h7-9,13,15,18H,6,10-12H2,1-5H3. The van der Waals surface area contributed by atoms with Crippen molar-refractivity contribution >= 4 is 0 Å². The van der Waals surface area contributed by atoms with Gasteiger partial charge in [-0.3, -0.25) is 0 Å². The summed E-state index contributed by atoms with van der Waals surface area (Å²) in [6, 6.07) is 6.08. The fourth-order valence-corrected chi connectivity index (χ4v) is 2.06. The van der Waals surface area contributed by atoms with E-state index in [1.165, 1.54) is 5.56 Å². The van der Waals surface area contributed by atoms with E-state index in [4.69, 9.17) is 14.2 Å². The van der Waals surface area contributed by atoms with Crippen molar-refractivity contribution in [3.63, 3.8) is 0 Å². The first-order valence-electron chi connectivity index (χ1n) is 7.63. The molecule has 0 aliphatic heterocycles. The fraction of sp³-hybridized carbons (Fsp3) is 0.647. The number of benzene rings is 1. The molecule has 0 saturated carbocycles. The van der Waals surface area contributed by atoms with Gasteiger partial charge in [-0.1, -0.05) is 26.8 Å². The number of methoxy groups -OCH3 is 2. The summed E-state index contributed by atoms with van der Waals surface area (Å²) in [5.41, 5.74) is 1.24. The maximum absolute atomic E-state index is 6.05. The van der Waals surface area contributed by atoms with Crippen molar-refractivity contribution in [2.24, 2.45) is 5.92 Å². The fourth-order valence-electron chi connectivity index (χ4n) is 2.06. The largest absolute Gasteiger partial charge is 0.493 e. The molecule has 0 fully saturated rings. The molecule has 0 aliphatic carbocycles. The minimum atomic E-state index is -0.0323. The molecule has 0 bridgehead atoms. The molecule has 0 amide bonds. The number of ether oxygens (including phenoxy) is 3. The lowest BCUT2D eigenvalue weighted by Gasteiger charge is -2.21. The Hall–Kier alpha value is -1.26. The third-order valence-corrected chi connectivity index (χ3v) is 3.21. The minimum Gasteiger partial charge on any atom is -0.493 e. The molecule has 0 aliphatic rings.